The summed E-state index contributed by atoms with van der Waals surface area (Å²) < 4.78 is 11.1. The molecule has 5 heteroatoms. The van der Waals surface area contributed by atoms with Crippen molar-refractivity contribution >= 4 is 5.91 Å². The maximum Gasteiger partial charge on any atom is 0.223 e. The summed E-state index contributed by atoms with van der Waals surface area (Å²) in [5.41, 5.74) is 5.24. The quantitative estimate of drug-likeness (QED) is 0.756. The van der Waals surface area contributed by atoms with Crippen LogP contribution in [0.3, 0.4) is 0 Å². The summed E-state index contributed by atoms with van der Waals surface area (Å²) in [4.78, 5) is 13.8. The van der Waals surface area contributed by atoms with Crippen LogP contribution in [0.1, 0.15) is 41.1 Å². The van der Waals surface area contributed by atoms with Crippen LogP contribution in [0.15, 0.2) is 36.4 Å². The fourth-order valence-corrected chi connectivity index (χ4v) is 4.38. The van der Waals surface area contributed by atoms with Crippen molar-refractivity contribution in [2.75, 3.05) is 27.3 Å². The second-order valence-corrected chi connectivity index (χ2v) is 8.24. The highest BCUT2D eigenvalue weighted by Gasteiger charge is 2.35. The normalized spacial score (nSPS) is 20.7. The molecule has 0 bridgehead atoms. The minimum absolute atomic E-state index is 0.195. The topological polar surface area (TPSA) is 52.0 Å². The first kappa shape index (κ1) is 19.8. The van der Waals surface area contributed by atoms with Crippen molar-refractivity contribution in [2.45, 2.75) is 38.8 Å². The smallest absolute Gasteiger partial charge is 0.223 e. The summed E-state index contributed by atoms with van der Waals surface area (Å²) in [6.45, 7) is 4.80. The molecular formula is C24H31N2O3+. The molecule has 1 fully saturated rings. The second-order valence-electron chi connectivity index (χ2n) is 8.24. The average molecular weight is 396 g/mol. The average Bonchev–Trinajstić information content (AvgIpc) is 3.58. The van der Waals surface area contributed by atoms with Crippen LogP contribution < -0.4 is 19.7 Å². The summed E-state index contributed by atoms with van der Waals surface area (Å²) in [5, 5.41) is 3.22. The van der Waals surface area contributed by atoms with E-state index in [-0.39, 0.29) is 17.9 Å². The van der Waals surface area contributed by atoms with Crippen molar-refractivity contribution in [1.29, 1.82) is 0 Å². The predicted molar refractivity (Wildman–Crippen MR) is 112 cm³/mol. The molecule has 2 aromatic rings. The maximum atomic E-state index is 12.3. The third-order valence-electron chi connectivity index (χ3n) is 6.34. The van der Waals surface area contributed by atoms with E-state index in [2.05, 4.69) is 48.6 Å². The minimum Gasteiger partial charge on any atom is -0.493 e. The molecule has 2 N–H and O–H groups in total. The standard InChI is InChI=1S/C24H30N2O3/c1-16-6-4-5-7-19(16)15-26-11-10-18-12-22(28-2)23(29-3)13-20(18)21(26)14-25-24(27)17-8-9-17/h4-7,12-13,17,21H,8-11,14-15H2,1-3H3,(H,25,27)/p+1/t21-/m1/s1. The van der Waals surface area contributed by atoms with Crippen LogP contribution in [0.25, 0.3) is 0 Å². The molecule has 1 aliphatic carbocycles. The highest BCUT2D eigenvalue weighted by Crippen LogP contribution is 2.34. The van der Waals surface area contributed by atoms with Crippen LogP contribution in [-0.2, 0) is 17.8 Å². The number of methoxy groups -OCH3 is 2. The first-order valence-electron chi connectivity index (χ1n) is 10.5. The molecule has 154 valence electrons. The van der Waals surface area contributed by atoms with Gasteiger partial charge >= 0.3 is 0 Å². The molecule has 2 atom stereocenters. The first-order chi connectivity index (χ1) is 14.1. The van der Waals surface area contributed by atoms with Crippen molar-refractivity contribution in [3.8, 4) is 11.5 Å². The van der Waals surface area contributed by atoms with E-state index in [1.165, 1.54) is 27.2 Å². The van der Waals surface area contributed by atoms with E-state index in [1.807, 2.05) is 0 Å². The second kappa shape index (κ2) is 8.46. The van der Waals surface area contributed by atoms with Gasteiger partial charge in [0.25, 0.3) is 0 Å². The van der Waals surface area contributed by atoms with E-state index in [1.54, 1.807) is 14.2 Å². The summed E-state index contributed by atoms with van der Waals surface area (Å²) in [5.74, 6) is 1.95. The molecule has 1 saturated carbocycles. The Morgan fingerprint density at radius 2 is 1.86 bits per heavy atom. The molecule has 1 unspecified atom stereocenters. The number of quaternary nitrogens is 1. The number of hydrogen-bond acceptors (Lipinski definition) is 3. The number of carbonyl (C=O) groups is 1. The van der Waals surface area contributed by atoms with E-state index < -0.39 is 0 Å². The highest BCUT2D eigenvalue weighted by molar-refractivity contribution is 5.80. The fraction of sp³-hybridized carbons (Fsp3) is 0.458. The molecule has 5 nitrogen and oxygen atoms in total. The van der Waals surface area contributed by atoms with Crippen LogP contribution in [-0.4, -0.2) is 33.2 Å². The Labute approximate surface area is 173 Å². The largest absolute Gasteiger partial charge is 0.493 e. The lowest BCUT2D eigenvalue weighted by Crippen LogP contribution is -3.12. The highest BCUT2D eigenvalue weighted by atomic mass is 16.5. The predicted octanol–water partition coefficient (Wildman–Crippen LogP) is 2.22. The number of carbonyl (C=O) groups excluding carboxylic acids is 1. The van der Waals surface area contributed by atoms with Gasteiger partial charge in [-0.05, 0) is 43.0 Å². The van der Waals surface area contributed by atoms with Gasteiger partial charge in [0.15, 0.2) is 11.5 Å². The van der Waals surface area contributed by atoms with Crippen molar-refractivity contribution < 1.29 is 19.2 Å². The Bertz CT molecular complexity index is 892. The third kappa shape index (κ3) is 4.25. The maximum absolute atomic E-state index is 12.3. The molecule has 1 aliphatic heterocycles. The van der Waals surface area contributed by atoms with Gasteiger partial charge in [-0.1, -0.05) is 24.3 Å². The zero-order valence-electron chi connectivity index (χ0n) is 17.6. The molecule has 0 saturated heterocycles. The van der Waals surface area contributed by atoms with Crippen molar-refractivity contribution in [3.05, 3.63) is 58.7 Å². The van der Waals surface area contributed by atoms with Crippen LogP contribution in [0.5, 0.6) is 11.5 Å². The van der Waals surface area contributed by atoms with E-state index >= 15 is 0 Å². The first-order valence-corrected chi connectivity index (χ1v) is 10.5. The zero-order valence-corrected chi connectivity index (χ0v) is 17.6. The van der Waals surface area contributed by atoms with Gasteiger partial charge in [-0.2, -0.15) is 0 Å². The van der Waals surface area contributed by atoms with Gasteiger partial charge in [0, 0.05) is 23.5 Å². The number of rotatable bonds is 7. The van der Waals surface area contributed by atoms with Gasteiger partial charge in [-0.3, -0.25) is 4.79 Å². The molecule has 0 aromatic heterocycles. The summed E-state index contributed by atoms with van der Waals surface area (Å²) in [7, 11) is 3.35. The SMILES string of the molecule is COc1cc2c(cc1OC)[C@@H](CNC(=O)C1CC1)[NH+](Cc1ccccc1C)CC2. The summed E-state index contributed by atoms with van der Waals surface area (Å²) in [6, 6.07) is 13.0. The Morgan fingerprint density at radius 1 is 1.14 bits per heavy atom. The number of ether oxygens (including phenoxy) is 2. The summed E-state index contributed by atoms with van der Waals surface area (Å²) in [6.07, 6.45) is 3.04. The Hall–Kier alpha value is -2.53. The molecule has 2 aliphatic rings. The van der Waals surface area contributed by atoms with E-state index in [4.69, 9.17) is 9.47 Å². The van der Waals surface area contributed by atoms with Gasteiger partial charge < -0.3 is 19.7 Å². The van der Waals surface area contributed by atoms with Gasteiger partial charge in [0.2, 0.25) is 5.91 Å². The number of amides is 1. The monoisotopic (exact) mass is 395 g/mol. The number of nitrogens with one attached hydrogen (secondary N) is 2. The molecule has 4 rings (SSSR count). The number of benzene rings is 2. The van der Waals surface area contributed by atoms with Gasteiger partial charge in [0.1, 0.15) is 12.6 Å². The number of aryl methyl sites for hydroxylation is 1. The molecule has 29 heavy (non-hydrogen) atoms. The van der Waals surface area contributed by atoms with Crippen LogP contribution >= 0.6 is 0 Å². The fourth-order valence-electron chi connectivity index (χ4n) is 4.38. The molecule has 1 amide bonds. The minimum atomic E-state index is 0.195. The third-order valence-corrected chi connectivity index (χ3v) is 6.34. The van der Waals surface area contributed by atoms with Crippen molar-refractivity contribution in [3.63, 3.8) is 0 Å². The van der Waals surface area contributed by atoms with Crippen molar-refractivity contribution in [1.82, 2.24) is 5.32 Å². The van der Waals surface area contributed by atoms with Gasteiger partial charge in [0.05, 0.1) is 27.3 Å². The van der Waals surface area contributed by atoms with Gasteiger partial charge in [-0.15, -0.1) is 0 Å². The summed E-state index contributed by atoms with van der Waals surface area (Å²) >= 11 is 0. The molecular weight excluding hydrogens is 364 g/mol. The molecule has 1 heterocycles. The molecule has 0 radical (unpaired) electrons. The lowest BCUT2D eigenvalue weighted by atomic mass is 9.91. The van der Waals surface area contributed by atoms with Crippen LogP contribution in [0.2, 0.25) is 0 Å². The Balaban J connectivity index is 1.64. The Kier molecular flexibility index (Phi) is 5.76. The number of hydrogen-bond donors (Lipinski definition) is 2. The van der Waals surface area contributed by atoms with E-state index in [0.29, 0.717) is 6.54 Å². The Morgan fingerprint density at radius 3 is 2.55 bits per heavy atom. The van der Waals surface area contributed by atoms with Crippen molar-refractivity contribution in [2.24, 2.45) is 5.92 Å². The lowest BCUT2D eigenvalue weighted by Gasteiger charge is -2.35. The number of fused-ring (bicyclic) bond motifs is 1. The van der Waals surface area contributed by atoms with Gasteiger partial charge in [-0.25, -0.2) is 0 Å². The van der Waals surface area contributed by atoms with E-state index in [9.17, 15) is 4.79 Å². The zero-order chi connectivity index (χ0) is 20.4. The molecule has 2 aromatic carbocycles. The van der Waals surface area contributed by atoms with Crippen LogP contribution in [0, 0.1) is 12.8 Å². The lowest BCUT2D eigenvalue weighted by molar-refractivity contribution is -0.945. The van der Waals surface area contributed by atoms with Crippen LogP contribution in [0.4, 0.5) is 0 Å². The van der Waals surface area contributed by atoms with E-state index in [0.717, 1.165) is 43.9 Å². The molecule has 0 spiro atoms.